The average molecular weight is 233 g/mol. The highest BCUT2D eigenvalue weighted by atomic mass is 32.2. The standard InChI is InChI=1S/C12H11NS2/c1-2-4-9(5-3-1)11-6-13-10-7-14-8-12(10)15-11/h1-5,7-8,11,13H,6H2. The maximum atomic E-state index is 3.48. The Balaban J connectivity index is 1.88. The van der Waals surface area contributed by atoms with Crippen LogP contribution in [0.25, 0.3) is 0 Å². The minimum atomic E-state index is 0.549. The Morgan fingerprint density at radius 2 is 2.00 bits per heavy atom. The summed E-state index contributed by atoms with van der Waals surface area (Å²) in [6, 6.07) is 10.7. The van der Waals surface area contributed by atoms with Crippen molar-refractivity contribution >= 4 is 28.8 Å². The van der Waals surface area contributed by atoms with Gasteiger partial charge in [0.2, 0.25) is 0 Å². The average Bonchev–Trinajstić information content (AvgIpc) is 2.77. The van der Waals surface area contributed by atoms with Crippen molar-refractivity contribution < 1.29 is 0 Å². The third-order valence-corrected chi connectivity index (χ3v) is 4.75. The molecule has 1 aromatic heterocycles. The first kappa shape index (κ1) is 9.31. The molecule has 1 nitrogen and oxygen atoms in total. The fourth-order valence-corrected chi connectivity index (χ4v) is 3.91. The highest BCUT2D eigenvalue weighted by Gasteiger charge is 2.20. The molecule has 76 valence electrons. The van der Waals surface area contributed by atoms with Crippen molar-refractivity contribution in [3.8, 4) is 0 Å². The molecule has 0 saturated carbocycles. The first-order valence-corrected chi connectivity index (χ1v) is 6.77. The van der Waals surface area contributed by atoms with Gasteiger partial charge in [0.25, 0.3) is 0 Å². The summed E-state index contributed by atoms with van der Waals surface area (Å²) in [5.74, 6) is 0. The molecule has 2 aromatic rings. The third kappa shape index (κ3) is 1.77. The largest absolute Gasteiger partial charge is 0.382 e. The second kappa shape index (κ2) is 3.91. The third-order valence-electron chi connectivity index (χ3n) is 2.54. The number of benzene rings is 1. The Kier molecular flexibility index (Phi) is 2.43. The Morgan fingerprint density at radius 3 is 2.87 bits per heavy atom. The van der Waals surface area contributed by atoms with Gasteiger partial charge in [-0.25, -0.2) is 0 Å². The summed E-state index contributed by atoms with van der Waals surface area (Å²) in [6.07, 6.45) is 0. The van der Waals surface area contributed by atoms with E-state index in [2.05, 4.69) is 46.4 Å². The number of anilines is 1. The molecular formula is C12H11NS2. The first-order chi connectivity index (χ1) is 7.43. The molecule has 3 heteroatoms. The van der Waals surface area contributed by atoms with Gasteiger partial charge in [0, 0.05) is 22.2 Å². The van der Waals surface area contributed by atoms with Gasteiger partial charge in [-0.1, -0.05) is 30.3 Å². The van der Waals surface area contributed by atoms with Crippen molar-refractivity contribution in [3.05, 3.63) is 46.7 Å². The summed E-state index contributed by atoms with van der Waals surface area (Å²) < 4.78 is 0. The molecule has 3 rings (SSSR count). The van der Waals surface area contributed by atoms with Crippen molar-refractivity contribution in [1.29, 1.82) is 0 Å². The van der Waals surface area contributed by atoms with Crippen LogP contribution in [0.5, 0.6) is 0 Å². The van der Waals surface area contributed by atoms with E-state index in [0.29, 0.717) is 5.25 Å². The molecule has 0 saturated heterocycles. The Bertz CT molecular complexity index is 450. The predicted octanol–water partition coefficient (Wildman–Crippen LogP) is 4.01. The van der Waals surface area contributed by atoms with Gasteiger partial charge < -0.3 is 5.32 Å². The summed E-state index contributed by atoms with van der Waals surface area (Å²) >= 11 is 3.73. The van der Waals surface area contributed by atoms with Gasteiger partial charge in [-0.15, -0.1) is 23.1 Å². The van der Waals surface area contributed by atoms with E-state index in [4.69, 9.17) is 0 Å². The van der Waals surface area contributed by atoms with Crippen LogP contribution in [0.15, 0.2) is 46.0 Å². The maximum Gasteiger partial charge on any atom is 0.0587 e. The van der Waals surface area contributed by atoms with Crippen LogP contribution in [-0.4, -0.2) is 6.54 Å². The van der Waals surface area contributed by atoms with Crippen molar-refractivity contribution in [2.24, 2.45) is 0 Å². The fraction of sp³-hybridized carbons (Fsp3) is 0.167. The van der Waals surface area contributed by atoms with Crippen molar-refractivity contribution in [2.45, 2.75) is 10.1 Å². The lowest BCUT2D eigenvalue weighted by atomic mass is 10.1. The zero-order valence-corrected chi connectivity index (χ0v) is 9.78. The maximum absolute atomic E-state index is 3.48. The van der Waals surface area contributed by atoms with Crippen molar-refractivity contribution in [1.82, 2.24) is 0 Å². The van der Waals surface area contributed by atoms with Gasteiger partial charge >= 0.3 is 0 Å². The van der Waals surface area contributed by atoms with E-state index in [0.717, 1.165) is 6.54 Å². The number of fused-ring (bicyclic) bond motifs is 1. The normalized spacial score (nSPS) is 19.3. The van der Waals surface area contributed by atoms with Crippen molar-refractivity contribution in [3.63, 3.8) is 0 Å². The topological polar surface area (TPSA) is 12.0 Å². The molecule has 1 aliphatic rings. The van der Waals surface area contributed by atoms with Gasteiger partial charge in [-0.05, 0) is 5.56 Å². The minimum absolute atomic E-state index is 0.549. The predicted molar refractivity (Wildman–Crippen MR) is 67.8 cm³/mol. The van der Waals surface area contributed by atoms with Crippen LogP contribution >= 0.6 is 23.1 Å². The molecule has 1 N–H and O–H groups in total. The lowest BCUT2D eigenvalue weighted by Gasteiger charge is -2.23. The molecule has 1 unspecified atom stereocenters. The van der Waals surface area contributed by atoms with Crippen molar-refractivity contribution in [2.75, 3.05) is 11.9 Å². The summed E-state index contributed by atoms with van der Waals surface area (Å²) in [4.78, 5) is 1.39. The summed E-state index contributed by atoms with van der Waals surface area (Å²) in [5, 5.41) is 8.44. The van der Waals surface area contributed by atoms with Crippen LogP contribution < -0.4 is 5.32 Å². The molecule has 1 atom stereocenters. The Labute approximate surface area is 97.5 Å². The monoisotopic (exact) mass is 233 g/mol. The second-order valence-electron chi connectivity index (χ2n) is 3.55. The minimum Gasteiger partial charge on any atom is -0.382 e. The van der Waals surface area contributed by atoms with E-state index in [1.54, 1.807) is 11.3 Å². The zero-order valence-electron chi connectivity index (χ0n) is 8.14. The number of thioether (sulfide) groups is 1. The molecule has 1 aromatic carbocycles. The SMILES string of the molecule is c1ccc(C2CNc3cscc3S2)cc1. The number of hydrogen-bond donors (Lipinski definition) is 1. The number of hydrogen-bond acceptors (Lipinski definition) is 3. The second-order valence-corrected chi connectivity index (χ2v) is 5.54. The van der Waals surface area contributed by atoms with Crippen LogP contribution in [-0.2, 0) is 0 Å². The quantitative estimate of drug-likeness (QED) is 0.798. The highest BCUT2D eigenvalue weighted by molar-refractivity contribution is 8.00. The number of nitrogens with one attached hydrogen (secondary N) is 1. The van der Waals surface area contributed by atoms with Crippen LogP contribution in [0.1, 0.15) is 10.8 Å². The van der Waals surface area contributed by atoms with Crippen LogP contribution in [0.4, 0.5) is 5.69 Å². The van der Waals surface area contributed by atoms with Gasteiger partial charge in [0.05, 0.1) is 10.9 Å². The van der Waals surface area contributed by atoms with Crippen LogP contribution in [0.2, 0.25) is 0 Å². The first-order valence-electron chi connectivity index (χ1n) is 4.95. The number of rotatable bonds is 1. The zero-order chi connectivity index (χ0) is 10.1. The lowest BCUT2D eigenvalue weighted by molar-refractivity contribution is 0.969. The Morgan fingerprint density at radius 1 is 1.13 bits per heavy atom. The molecular weight excluding hydrogens is 222 g/mol. The molecule has 2 heterocycles. The van der Waals surface area contributed by atoms with E-state index in [-0.39, 0.29) is 0 Å². The molecule has 0 bridgehead atoms. The van der Waals surface area contributed by atoms with Gasteiger partial charge in [-0.3, -0.25) is 0 Å². The highest BCUT2D eigenvalue weighted by Crippen LogP contribution is 2.44. The van der Waals surface area contributed by atoms with Gasteiger partial charge in [0.1, 0.15) is 0 Å². The lowest BCUT2D eigenvalue weighted by Crippen LogP contribution is -2.13. The van der Waals surface area contributed by atoms with Crippen LogP contribution in [0.3, 0.4) is 0 Å². The van der Waals surface area contributed by atoms with E-state index in [1.807, 2.05) is 11.8 Å². The summed E-state index contributed by atoms with van der Waals surface area (Å²) in [6.45, 7) is 1.03. The van der Waals surface area contributed by atoms with E-state index in [1.165, 1.54) is 16.1 Å². The molecule has 0 radical (unpaired) electrons. The smallest absolute Gasteiger partial charge is 0.0587 e. The van der Waals surface area contributed by atoms with E-state index >= 15 is 0 Å². The molecule has 0 amide bonds. The Hall–Kier alpha value is -0.930. The van der Waals surface area contributed by atoms with Crippen LogP contribution in [0, 0.1) is 0 Å². The van der Waals surface area contributed by atoms with Gasteiger partial charge in [0.15, 0.2) is 0 Å². The fourth-order valence-electron chi connectivity index (χ4n) is 1.76. The molecule has 15 heavy (non-hydrogen) atoms. The number of thiophene rings is 1. The molecule has 1 aliphatic heterocycles. The molecule has 0 fully saturated rings. The van der Waals surface area contributed by atoms with E-state index < -0.39 is 0 Å². The summed E-state index contributed by atoms with van der Waals surface area (Å²) in [5.41, 5.74) is 2.71. The van der Waals surface area contributed by atoms with E-state index in [9.17, 15) is 0 Å². The summed E-state index contributed by atoms with van der Waals surface area (Å²) in [7, 11) is 0. The van der Waals surface area contributed by atoms with Gasteiger partial charge in [-0.2, -0.15) is 0 Å². The molecule has 0 aliphatic carbocycles. The molecule has 0 spiro atoms.